The fourth-order valence-electron chi connectivity index (χ4n) is 1.88. The van der Waals surface area contributed by atoms with Crippen molar-refractivity contribution in [2.75, 3.05) is 6.54 Å². The van der Waals surface area contributed by atoms with Gasteiger partial charge in [-0.15, -0.1) is 13.2 Å². The first-order chi connectivity index (χ1) is 6.83. The van der Waals surface area contributed by atoms with Crippen molar-refractivity contribution in [1.29, 1.82) is 0 Å². The van der Waals surface area contributed by atoms with Gasteiger partial charge in [-0.1, -0.05) is 20.3 Å². The van der Waals surface area contributed by atoms with E-state index < -0.39 is 12.5 Å². The first kappa shape index (κ1) is 12.2. The Labute approximate surface area is 87.4 Å². The molecule has 1 heterocycles. The quantitative estimate of drug-likeness (QED) is 0.663. The molecule has 0 radical (unpaired) electrons. The molecule has 5 heteroatoms. The predicted molar refractivity (Wildman–Crippen MR) is 49.7 cm³/mol. The minimum Gasteiger partial charge on any atom is -0.327 e. The van der Waals surface area contributed by atoms with Crippen LogP contribution in [0.2, 0.25) is 0 Å². The molecule has 0 spiro atoms. The van der Waals surface area contributed by atoms with Gasteiger partial charge < -0.3 is 4.90 Å². The summed E-state index contributed by atoms with van der Waals surface area (Å²) in [7, 11) is 0. The van der Waals surface area contributed by atoms with Crippen molar-refractivity contribution in [2.45, 2.75) is 38.8 Å². The number of ether oxygens (including phenoxy) is 1. The van der Waals surface area contributed by atoms with E-state index in [0.717, 1.165) is 0 Å². The standard InChI is InChI=1S/C10H14F3NO/c1-4-14-6-8(15-10(11,12)13)5-9(14)7(2)3/h1,7-9H,5-6H2,2-3H3. The molecule has 1 aliphatic heterocycles. The van der Waals surface area contributed by atoms with Gasteiger partial charge in [0, 0.05) is 12.1 Å². The molecule has 2 atom stereocenters. The Morgan fingerprint density at radius 3 is 2.40 bits per heavy atom. The van der Waals surface area contributed by atoms with Crippen molar-refractivity contribution in [3.8, 4) is 12.5 Å². The van der Waals surface area contributed by atoms with E-state index >= 15 is 0 Å². The average molecular weight is 221 g/mol. The summed E-state index contributed by atoms with van der Waals surface area (Å²) in [6, 6.07) is 2.37. The lowest BCUT2D eigenvalue weighted by Gasteiger charge is -2.22. The molecule has 2 unspecified atom stereocenters. The largest absolute Gasteiger partial charge is 0.522 e. The van der Waals surface area contributed by atoms with Crippen molar-refractivity contribution in [3.63, 3.8) is 0 Å². The van der Waals surface area contributed by atoms with E-state index in [1.54, 1.807) is 4.90 Å². The topological polar surface area (TPSA) is 12.5 Å². The SMILES string of the molecule is C#CN1CC(OC(F)(F)F)CC1C(C)C. The molecule has 1 aliphatic rings. The van der Waals surface area contributed by atoms with Gasteiger partial charge in [0.15, 0.2) is 0 Å². The van der Waals surface area contributed by atoms with Gasteiger partial charge in [0.05, 0.1) is 12.6 Å². The van der Waals surface area contributed by atoms with Crippen molar-refractivity contribution >= 4 is 0 Å². The van der Waals surface area contributed by atoms with E-state index in [9.17, 15) is 13.2 Å². The minimum absolute atomic E-state index is 0.0256. The third kappa shape index (κ3) is 3.31. The Balaban J connectivity index is 2.58. The number of hydrogen-bond donors (Lipinski definition) is 0. The third-order valence-electron chi connectivity index (χ3n) is 2.54. The molecule has 0 saturated carbocycles. The smallest absolute Gasteiger partial charge is 0.327 e. The van der Waals surface area contributed by atoms with Crippen LogP contribution in [0.4, 0.5) is 13.2 Å². The summed E-state index contributed by atoms with van der Waals surface area (Å²) in [6.07, 6.45) is 0.150. The van der Waals surface area contributed by atoms with Crippen LogP contribution >= 0.6 is 0 Å². The Kier molecular flexibility index (Phi) is 3.50. The van der Waals surface area contributed by atoms with E-state index in [0.29, 0.717) is 6.42 Å². The number of likely N-dealkylation sites (tertiary alicyclic amines) is 1. The number of nitrogens with zero attached hydrogens (tertiary/aromatic N) is 1. The van der Waals surface area contributed by atoms with Gasteiger partial charge in [-0.05, 0) is 12.3 Å². The van der Waals surface area contributed by atoms with Crippen LogP contribution in [-0.4, -0.2) is 30.0 Å². The van der Waals surface area contributed by atoms with Crippen LogP contribution in [0.3, 0.4) is 0 Å². The second-order valence-corrected chi connectivity index (χ2v) is 4.01. The van der Waals surface area contributed by atoms with Crippen LogP contribution in [0.15, 0.2) is 0 Å². The summed E-state index contributed by atoms with van der Waals surface area (Å²) in [5, 5.41) is 0. The number of hydrogen-bond acceptors (Lipinski definition) is 2. The zero-order valence-electron chi connectivity index (χ0n) is 8.71. The lowest BCUT2D eigenvalue weighted by atomic mass is 10.0. The summed E-state index contributed by atoms with van der Waals surface area (Å²) >= 11 is 0. The molecule has 0 aromatic rings. The molecule has 15 heavy (non-hydrogen) atoms. The molecule has 86 valence electrons. The minimum atomic E-state index is -4.57. The van der Waals surface area contributed by atoms with E-state index in [-0.39, 0.29) is 18.5 Å². The summed E-state index contributed by atoms with van der Waals surface area (Å²) < 4.78 is 39.9. The normalized spacial score (nSPS) is 27.1. The summed E-state index contributed by atoms with van der Waals surface area (Å²) in [5.41, 5.74) is 0. The van der Waals surface area contributed by atoms with Crippen molar-refractivity contribution in [3.05, 3.63) is 0 Å². The van der Waals surface area contributed by atoms with Crippen molar-refractivity contribution < 1.29 is 17.9 Å². The Bertz CT molecular complexity index is 256. The number of alkyl halides is 3. The molecule has 0 bridgehead atoms. The zero-order valence-corrected chi connectivity index (χ0v) is 8.71. The van der Waals surface area contributed by atoms with Crippen LogP contribution < -0.4 is 0 Å². The molecule has 2 nitrogen and oxygen atoms in total. The zero-order chi connectivity index (χ0) is 11.6. The molecule has 0 N–H and O–H groups in total. The third-order valence-corrected chi connectivity index (χ3v) is 2.54. The second kappa shape index (κ2) is 4.31. The van der Waals surface area contributed by atoms with Crippen molar-refractivity contribution in [2.24, 2.45) is 5.92 Å². The molecule has 1 saturated heterocycles. The second-order valence-electron chi connectivity index (χ2n) is 4.01. The van der Waals surface area contributed by atoms with Crippen LogP contribution in [0.1, 0.15) is 20.3 Å². The fourth-order valence-corrected chi connectivity index (χ4v) is 1.88. The molecular formula is C10H14F3NO. The molecule has 0 aromatic carbocycles. The molecule has 1 rings (SSSR count). The lowest BCUT2D eigenvalue weighted by Crippen LogP contribution is -2.29. The Morgan fingerprint density at radius 2 is 2.07 bits per heavy atom. The van der Waals surface area contributed by atoms with E-state index in [1.165, 1.54) is 0 Å². The number of halogens is 3. The summed E-state index contributed by atoms with van der Waals surface area (Å²) in [5.74, 6) is 0.225. The van der Waals surface area contributed by atoms with Crippen molar-refractivity contribution in [1.82, 2.24) is 4.90 Å². The van der Waals surface area contributed by atoms with E-state index in [1.807, 2.05) is 13.8 Å². The molecule has 0 aliphatic carbocycles. The molecular weight excluding hydrogens is 207 g/mol. The van der Waals surface area contributed by atoms with Gasteiger partial charge in [0.2, 0.25) is 0 Å². The first-order valence-corrected chi connectivity index (χ1v) is 4.81. The first-order valence-electron chi connectivity index (χ1n) is 4.81. The highest BCUT2D eigenvalue weighted by atomic mass is 19.4. The maximum absolute atomic E-state index is 12.0. The van der Waals surface area contributed by atoms with Gasteiger partial charge in [-0.3, -0.25) is 4.74 Å². The van der Waals surface area contributed by atoms with Crippen LogP contribution in [-0.2, 0) is 4.74 Å². The van der Waals surface area contributed by atoms with E-state index in [2.05, 4.69) is 10.8 Å². The van der Waals surface area contributed by atoms with Crippen LogP contribution in [0.25, 0.3) is 0 Å². The maximum Gasteiger partial charge on any atom is 0.522 e. The Hall–Kier alpha value is -0.890. The predicted octanol–water partition coefficient (Wildman–Crippen LogP) is 2.21. The maximum atomic E-state index is 12.0. The molecule has 0 aromatic heterocycles. The number of terminal acetylenes is 1. The van der Waals surface area contributed by atoms with Gasteiger partial charge >= 0.3 is 6.36 Å². The average Bonchev–Trinajstić information content (AvgIpc) is 2.44. The monoisotopic (exact) mass is 221 g/mol. The summed E-state index contributed by atoms with van der Waals surface area (Å²) in [6.45, 7) is 4.02. The highest BCUT2D eigenvalue weighted by Crippen LogP contribution is 2.29. The highest BCUT2D eigenvalue weighted by molar-refractivity contribution is 4.98. The van der Waals surface area contributed by atoms with Crippen LogP contribution in [0.5, 0.6) is 0 Å². The van der Waals surface area contributed by atoms with Gasteiger partial charge in [-0.25, -0.2) is 0 Å². The Morgan fingerprint density at radius 1 is 1.47 bits per heavy atom. The lowest BCUT2D eigenvalue weighted by molar-refractivity contribution is -0.340. The fraction of sp³-hybridized carbons (Fsp3) is 0.800. The van der Waals surface area contributed by atoms with Gasteiger partial charge in [0.1, 0.15) is 0 Å². The highest BCUT2D eigenvalue weighted by Gasteiger charge is 2.40. The molecule has 1 fully saturated rings. The van der Waals surface area contributed by atoms with Gasteiger partial charge in [-0.2, -0.15) is 0 Å². The van der Waals surface area contributed by atoms with Gasteiger partial charge in [0.25, 0.3) is 0 Å². The van der Waals surface area contributed by atoms with E-state index in [4.69, 9.17) is 6.42 Å². The molecule has 0 amide bonds. The number of rotatable bonds is 2. The van der Waals surface area contributed by atoms with Crippen LogP contribution in [0, 0.1) is 18.4 Å². The summed E-state index contributed by atoms with van der Waals surface area (Å²) in [4.78, 5) is 1.58.